The lowest BCUT2D eigenvalue weighted by Crippen LogP contribution is -1.87. The molecular formula is C13H7FN2O2S. The summed E-state index contributed by atoms with van der Waals surface area (Å²) in [5, 5.41) is 19.1. The molecule has 0 N–H and O–H groups in total. The summed E-state index contributed by atoms with van der Waals surface area (Å²) in [5.41, 5.74) is 0.246. The maximum absolute atomic E-state index is 13.7. The fourth-order valence-corrected chi connectivity index (χ4v) is 2.23. The van der Waals surface area contributed by atoms with E-state index >= 15 is 0 Å². The highest BCUT2D eigenvalue weighted by atomic mass is 32.2. The lowest BCUT2D eigenvalue weighted by molar-refractivity contribution is -0.384. The Hall–Kier alpha value is -2.39. The quantitative estimate of drug-likeness (QED) is 0.631. The third-order valence-electron chi connectivity index (χ3n) is 2.34. The topological polar surface area (TPSA) is 66.9 Å². The van der Waals surface area contributed by atoms with Crippen molar-refractivity contribution in [3.63, 3.8) is 0 Å². The summed E-state index contributed by atoms with van der Waals surface area (Å²) in [6.45, 7) is 0. The van der Waals surface area contributed by atoms with E-state index in [1.54, 1.807) is 12.1 Å². The van der Waals surface area contributed by atoms with Gasteiger partial charge in [0.05, 0.1) is 16.6 Å². The van der Waals surface area contributed by atoms with Crippen LogP contribution in [-0.2, 0) is 0 Å². The maximum atomic E-state index is 13.7. The largest absolute Gasteiger partial charge is 0.269 e. The lowest BCUT2D eigenvalue weighted by Gasteiger charge is -2.03. The van der Waals surface area contributed by atoms with Gasteiger partial charge in [0.1, 0.15) is 5.82 Å². The summed E-state index contributed by atoms with van der Waals surface area (Å²) >= 11 is 1.15. The van der Waals surface area contributed by atoms with Crippen LogP contribution in [0.2, 0.25) is 0 Å². The molecule has 0 saturated carbocycles. The van der Waals surface area contributed by atoms with Crippen molar-refractivity contribution >= 4 is 17.4 Å². The van der Waals surface area contributed by atoms with Gasteiger partial charge in [-0.1, -0.05) is 11.8 Å². The molecule has 0 aliphatic carbocycles. The van der Waals surface area contributed by atoms with Gasteiger partial charge in [0, 0.05) is 21.9 Å². The normalized spacial score (nSPS) is 9.89. The van der Waals surface area contributed by atoms with Crippen LogP contribution >= 0.6 is 11.8 Å². The third-order valence-corrected chi connectivity index (χ3v) is 3.40. The molecule has 0 aromatic heterocycles. The van der Waals surface area contributed by atoms with E-state index in [1.165, 1.54) is 24.3 Å². The summed E-state index contributed by atoms with van der Waals surface area (Å²) < 4.78 is 13.7. The zero-order chi connectivity index (χ0) is 13.8. The average molecular weight is 274 g/mol. The summed E-state index contributed by atoms with van der Waals surface area (Å²) in [6, 6.07) is 11.9. The zero-order valence-electron chi connectivity index (χ0n) is 9.54. The number of nitro benzene ring substituents is 1. The Kier molecular flexibility index (Phi) is 3.78. The first kappa shape index (κ1) is 13.1. The van der Waals surface area contributed by atoms with Crippen molar-refractivity contribution in [3.8, 4) is 6.07 Å². The molecule has 0 saturated heterocycles. The number of nitro groups is 1. The fraction of sp³-hybridized carbons (Fsp3) is 0. The van der Waals surface area contributed by atoms with Crippen molar-refractivity contribution in [2.24, 2.45) is 0 Å². The molecule has 0 heterocycles. The fourth-order valence-electron chi connectivity index (χ4n) is 1.42. The van der Waals surface area contributed by atoms with Crippen LogP contribution < -0.4 is 0 Å². The molecule has 6 heteroatoms. The number of hydrogen-bond acceptors (Lipinski definition) is 4. The molecule has 0 fully saturated rings. The van der Waals surface area contributed by atoms with Crippen molar-refractivity contribution in [2.45, 2.75) is 9.79 Å². The average Bonchev–Trinajstić information content (AvgIpc) is 2.41. The molecule has 2 aromatic carbocycles. The molecule has 4 nitrogen and oxygen atoms in total. The number of benzene rings is 2. The first-order chi connectivity index (χ1) is 9.10. The second kappa shape index (κ2) is 5.50. The molecule has 0 amide bonds. The van der Waals surface area contributed by atoms with E-state index in [2.05, 4.69) is 0 Å². The zero-order valence-corrected chi connectivity index (χ0v) is 10.4. The van der Waals surface area contributed by atoms with E-state index in [0.717, 1.165) is 17.8 Å². The Labute approximate surface area is 112 Å². The van der Waals surface area contributed by atoms with Gasteiger partial charge in [0.25, 0.3) is 5.69 Å². The molecule has 0 unspecified atom stereocenters. The Bertz CT molecular complexity index is 665. The number of nitrogens with zero attached hydrogens (tertiary/aromatic N) is 2. The van der Waals surface area contributed by atoms with E-state index in [-0.39, 0.29) is 11.3 Å². The van der Waals surface area contributed by atoms with Crippen molar-refractivity contribution in [3.05, 3.63) is 64.0 Å². The Balaban J connectivity index is 2.22. The predicted molar refractivity (Wildman–Crippen MR) is 68.3 cm³/mol. The lowest BCUT2D eigenvalue weighted by atomic mass is 10.2. The number of nitriles is 1. The van der Waals surface area contributed by atoms with Gasteiger partial charge in [0.2, 0.25) is 0 Å². The smallest absolute Gasteiger partial charge is 0.258 e. The number of hydrogen-bond donors (Lipinski definition) is 0. The van der Waals surface area contributed by atoms with Gasteiger partial charge < -0.3 is 0 Å². The summed E-state index contributed by atoms with van der Waals surface area (Å²) in [5.74, 6) is -0.484. The van der Waals surface area contributed by atoms with Crippen LogP contribution in [0.1, 0.15) is 5.56 Å². The highest BCUT2D eigenvalue weighted by Gasteiger charge is 2.08. The minimum atomic E-state index is -0.489. The molecule has 19 heavy (non-hydrogen) atoms. The molecule has 0 aliphatic rings. The predicted octanol–water partition coefficient (Wildman–Crippen LogP) is 3.76. The number of halogens is 1. The van der Waals surface area contributed by atoms with Gasteiger partial charge >= 0.3 is 0 Å². The van der Waals surface area contributed by atoms with Crippen LogP contribution in [0.15, 0.2) is 52.3 Å². The van der Waals surface area contributed by atoms with Gasteiger partial charge in [0.15, 0.2) is 0 Å². The minimum absolute atomic E-state index is 0.00958. The van der Waals surface area contributed by atoms with E-state index in [0.29, 0.717) is 9.79 Å². The molecule has 2 rings (SSSR count). The molecule has 0 atom stereocenters. The molecular weight excluding hydrogens is 267 g/mol. The van der Waals surface area contributed by atoms with E-state index in [1.807, 2.05) is 6.07 Å². The van der Waals surface area contributed by atoms with E-state index < -0.39 is 10.7 Å². The Morgan fingerprint density at radius 3 is 2.42 bits per heavy atom. The van der Waals surface area contributed by atoms with Crippen molar-refractivity contribution in [1.29, 1.82) is 5.26 Å². The van der Waals surface area contributed by atoms with Crippen LogP contribution in [0.3, 0.4) is 0 Å². The SMILES string of the molecule is N#Cc1ccc(Sc2ccc([N+](=O)[O-])cc2)c(F)c1. The summed E-state index contributed by atoms with van der Waals surface area (Å²) in [7, 11) is 0. The minimum Gasteiger partial charge on any atom is -0.258 e. The first-order valence-electron chi connectivity index (χ1n) is 5.22. The van der Waals surface area contributed by atoms with Gasteiger partial charge in [-0.3, -0.25) is 10.1 Å². The molecule has 0 radical (unpaired) electrons. The monoisotopic (exact) mass is 274 g/mol. The van der Waals surface area contributed by atoms with Crippen LogP contribution in [0.5, 0.6) is 0 Å². The van der Waals surface area contributed by atoms with Crippen molar-refractivity contribution in [2.75, 3.05) is 0 Å². The van der Waals surface area contributed by atoms with Crippen molar-refractivity contribution in [1.82, 2.24) is 0 Å². The molecule has 2 aromatic rings. The first-order valence-corrected chi connectivity index (χ1v) is 6.04. The number of non-ortho nitro benzene ring substituents is 1. The standard InChI is InChI=1S/C13H7FN2O2S/c14-12-7-9(8-15)1-6-13(12)19-11-4-2-10(3-5-11)16(17)18/h1-7H. The van der Waals surface area contributed by atoms with Gasteiger partial charge in [-0.05, 0) is 30.3 Å². The van der Waals surface area contributed by atoms with E-state index in [9.17, 15) is 14.5 Å². The Morgan fingerprint density at radius 2 is 1.89 bits per heavy atom. The molecule has 0 bridgehead atoms. The van der Waals surface area contributed by atoms with Crippen molar-refractivity contribution < 1.29 is 9.31 Å². The summed E-state index contributed by atoms with van der Waals surface area (Å²) in [6.07, 6.45) is 0. The Morgan fingerprint density at radius 1 is 1.21 bits per heavy atom. The van der Waals surface area contributed by atoms with Gasteiger partial charge in [-0.25, -0.2) is 4.39 Å². The van der Waals surface area contributed by atoms with Crippen LogP contribution in [0.25, 0.3) is 0 Å². The van der Waals surface area contributed by atoms with Crippen LogP contribution in [-0.4, -0.2) is 4.92 Å². The molecule has 94 valence electrons. The molecule has 0 spiro atoms. The van der Waals surface area contributed by atoms with Gasteiger partial charge in [-0.15, -0.1) is 0 Å². The van der Waals surface area contributed by atoms with Crippen LogP contribution in [0.4, 0.5) is 10.1 Å². The highest BCUT2D eigenvalue weighted by Crippen LogP contribution is 2.31. The number of rotatable bonds is 3. The van der Waals surface area contributed by atoms with E-state index in [4.69, 9.17) is 5.26 Å². The van der Waals surface area contributed by atoms with Crippen LogP contribution in [0, 0.1) is 27.3 Å². The maximum Gasteiger partial charge on any atom is 0.269 e. The second-order valence-electron chi connectivity index (χ2n) is 3.61. The highest BCUT2D eigenvalue weighted by molar-refractivity contribution is 7.99. The summed E-state index contributed by atoms with van der Waals surface area (Å²) in [4.78, 5) is 11.1. The van der Waals surface area contributed by atoms with Gasteiger partial charge in [-0.2, -0.15) is 5.26 Å². The third kappa shape index (κ3) is 3.09. The molecule has 0 aliphatic heterocycles. The second-order valence-corrected chi connectivity index (χ2v) is 4.73.